The fourth-order valence-electron chi connectivity index (χ4n) is 2.21. The molecule has 0 aliphatic heterocycles. The molecule has 1 N–H and O–H groups in total. The molecule has 0 fully saturated rings. The first-order valence-electron chi connectivity index (χ1n) is 8.93. The van der Waals surface area contributed by atoms with Crippen LogP contribution in [0.2, 0.25) is 18.1 Å². The molecule has 5 nitrogen and oxygen atoms in total. The van der Waals surface area contributed by atoms with Crippen LogP contribution in [-0.2, 0) is 6.61 Å². The van der Waals surface area contributed by atoms with E-state index >= 15 is 0 Å². The van der Waals surface area contributed by atoms with Crippen molar-refractivity contribution in [2.24, 2.45) is 5.16 Å². The molecule has 2 aromatic carbocycles. The van der Waals surface area contributed by atoms with Crippen LogP contribution < -0.4 is 13.9 Å². The third kappa shape index (κ3) is 5.26. The summed E-state index contributed by atoms with van der Waals surface area (Å²) in [5.41, 5.74) is 1.71. The number of benzene rings is 2. The molecule has 0 aliphatic rings. The van der Waals surface area contributed by atoms with E-state index in [0.29, 0.717) is 23.7 Å². The zero-order chi connectivity index (χ0) is 20.1. The number of hydrogen-bond donors (Lipinski definition) is 1. The SMILES string of the molecule is COc1ccc(COc2cccc(/C=N/O)c2O[Si](C)(C)C(C)(C)C)cc1. The fourth-order valence-corrected chi connectivity index (χ4v) is 3.25. The molecule has 0 heterocycles. The van der Waals surface area contributed by atoms with Gasteiger partial charge in [-0.05, 0) is 48.0 Å². The van der Waals surface area contributed by atoms with Crippen LogP contribution in [0.15, 0.2) is 47.6 Å². The van der Waals surface area contributed by atoms with Crippen molar-refractivity contribution in [2.75, 3.05) is 7.11 Å². The highest BCUT2D eigenvalue weighted by Gasteiger charge is 2.40. The van der Waals surface area contributed by atoms with Crippen LogP contribution in [0.3, 0.4) is 0 Å². The quantitative estimate of drug-likeness (QED) is 0.296. The number of para-hydroxylation sites is 1. The summed E-state index contributed by atoms with van der Waals surface area (Å²) in [5, 5.41) is 12.2. The van der Waals surface area contributed by atoms with Gasteiger partial charge in [-0.25, -0.2) is 0 Å². The molecule has 0 amide bonds. The minimum absolute atomic E-state index is 0.0315. The average molecular weight is 388 g/mol. The smallest absolute Gasteiger partial charge is 0.250 e. The summed E-state index contributed by atoms with van der Waals surface area (Å²) in [6.07, 6.45) is 1.38. The van der Waals surface area contributed by atoms with Gasteiger partial charge in [-0.15, -0.1) is 0 Å². The molecule has 2 rings (SSSR count). The lowest BCUT2D eigenvalue weighted by atomic mass is 10.2. The molecule has 0 radical (unpaired) electrons. The summed E-state index contributed by atoms with van der Waals surface area (Å²) in [6.45, 7) is 11.3. The normalized spacial score (nSPS) is 12.2. The summed E-state index contributed by atoms with van der Waals surface area (Å²) >= 11 is 0. The summed E-state index contributed by atoms with van der Waals surface area (Å²) in [7, 11) is -0.455. The van der Waals surface area contributed by atoms with Crippen LogP contribution >= 0.6 is 0 Å². The van der Waals surface area contributed by atoms with E-state index in [-0.39, 0.29) is 5.04 Å². The van der Waals surface area contributed by atoms with Gasteiger partial charge in [-0.1, -0.05) is 44.1 Å². The van der Waals surface area contributed by atoms with E-state index in [4.69, 9.17) is 19.1 Å². The van der Waals surface area contributed by atoms with Gasteiger partial charge >= 0.3 is 0 Å². The minimum Gasteiger partial charge on any atom is -0.541 e. The number of methoxy groups -OCH3 is 1. The Balaban J connectivity index is 2.30. The summed E-state index contributed by atoms with van der Waals surface area (Å²) < 4.78 is 17.7. The molecule has 0 spiro atoms. The lowest BCUT2D eigenvalue weighted by molar-refractivity contribution is 0.294. The van der Waals surface area contributed by atoms with Crippen LogP contribution in [0.5, 0.6) is 17.2 Å². The van der Waals surface area contributed by atoms with E-state index in [9.17, 15) is 0 Å². The highest BCUT2D eigenvalue weighted by atomic mass is 28.4. The molecule has 0 unspecified atom stereocenters. The lowest BCUT2D eigenvalue weighted by Crippen LogP contribution is -2.44. The van der Waals surface area contributed by atoms with Gasteiger partial charge < -0.3 is 19.1 Å². The van der Waals surface area contributed by atoms with Gasteiger partial charge in [0.15, 0.2) is 11.5 Å². The molecule has 0 saturated carbocycles. The van der Waals surface area contributed by atoms with E-state index < -0.39 is 8.32 Å². The molecular weight excluding hydrogens is 358 g/mol. The van der Waals surface area contributed by atoms with Crippen molar-refractivity contribution < 1.29 is 19.1 Å². The second kappa shape index (κ2) is 8.48. The second-order valence-corrected chi connectivity index (χ2v) is 12.6. The summed E-state index contributed by atoms with van der Waals surface area (Å²) in [6, 6.07) is 13.3. The van der Waals surface area contributed by atoms with Crippen LogP contribution in [0.4, 0.5) is 0 Å². The van der Waals surface area contributed by atoms with Gasteiger partial charge in [0.25, 0.3) is 8.32 Å². The van der Waals surface area contributed by atoms with E-state index in [1.165, 1.54) is 6.21 Å². The van der Waals surface area contributed by atoms with E-state index in [0.717, 1.165) is 11.3 Å². The van der Waals surface area contributed by atoms with Crippen LogP contribution in [0.25, 0.3) is 0 Å². The Bertz CT molecular complexity index is 780. The predicted molar refractivity (Wildman–Crippen MR) is 111 cm³/mol. The maximum Gasteiger partial charge on any atom is 0.250 e. The topological polar surface area (TPSA) is 60.3 Å². The number of hydrogen-bond acceptors (Lipinski definition) is 5. The molecule has 6 heteroatoms. The highest BCUT2D eigenvalue weighted by Crippen LogP contribution is 2.41. The zero-order valence-corrected chi connectivity index (χ0v) is 17.9. The standard InChI is InChI=1S/C21H29NO4Si/c1-21(2,3)27(5,6)26-20-17(14-22-23)8-7-9-19(20)25-15-16-10-12-18(24-4)13-11-16/h7-14,23H,15H2,1-6H3/b22-14+. The van der Waals surface area contributed by atoms with E-state index in [1.807, 2.05) is 42.5 Å². The number of ether oxygens (including phenoxy) is 2. The van der Waals surface area contributed by atoms with Crippen molar-refractivity contribution in [3.8, 4) is 17.2 Å². The van der Waals surface area contributed by atoms with Crippen LogP contribution in [0, 0.1) is 0 Å². The molecule has 0 bridgehead atoms. The third-order valence-corrected chi connectivity index (χ3v) is 9.25. The van der Waals surface area contributed by atoms with Crippen molar-refractivity contribution in [3.05, 3.63) is 53.6 Å². The first-order chi connectivity index (χ1) is 12.7. The maximum atomic E-state index is 9.02. The first kappa shape index (κ1) is 20.8. The van der Waals surface area contributed by atoms with Crippen molar-refractivity contribution >= 4 is 14.5 Å². The lowest BCUT2D eigenvalue weighted by Gasteiger charge is -2.37. The van der Waals surface area contributed by atoms with Crippen molar-refractivity contribution in [2.45, 2.75) is 45.5 Å². The zero-order valence-electron chi connectivity index (χ0n) is 16.9. The van der Waals surface area contributed by atoms with E-state index in [2.05, 4.69) is 39.0 Å². The molecule has 0 aromatic heterocycles. The van der Waals surface area contributed by atoms with E-state index in [1.54, 1.807) is 7.11 Å². The molecule has 146 valence electrons. The number of oxime groups is 1. The largest absolute Gasteiger partial charge is 0.541 e. The predicted octanol–water partition coefficient (Wildman–Crippen LogP) is 5.47. The number of nitrogens with zero attached hydrogens (tertiary/aromatic N) is 1. The average Bonchev–Trinajstić information content (AvgIpc) is 2.61. The molecular formula is C21H29NO4Si. The van der Waals surface area contributed by atoms with Gasteiger partial charge in [0.2, 0.25) is 0 Å². The molecule has 0 aliphatic carbocycles. The minimum atomic E-state index is -2.10. The Morgan fingerprint density at radius 1 is 1.07 bits per heavy atom. The van der Waals surface area contributed by atoms with Gasteiger partial charge in [0.1, 0.15) is 12.4 Å². The monoisotopic (exact) mass is 387 g/mol. The molecule has 2 aromatic rings. The van der Waals surface area contributed by atoms with Crippen molar-refractivity contribution in [1.82, 2.24) is 0 Å². The van der Waals surface area contributed by atoms with Crippen LogP contribution in [0.1, 0.15) is 31.9 Å². The van der Waals surface area contributed by atoms with Crippen molar-refractivity contribution in [3.63, 3.8) is 0 Å². The Labute approximate surface area is 162 Å². The van der Waals surface area contributed by atoms with Crippen LogP contribution in [-0.4, -0.2) is 26.8 Å². The fraction of sp³-hybridized carbons (Fsp3) is 0.381. The number of rotatable bonds is 7. The Morgan fingerprint density at radius 3 is 2.30 bits per heavy atom. The van der Waals surface area contributed by atoms with Gasteiger partial charge in [-0.3, -0.25) is 0 Å². The Morgan fingerprint density at radius 2 is 1.74 bits per heavy atom. The first-order valence-corrected chi connectivity index (χ1v) is 11.8. The Hall–Kier alpha value is -2.47. The summed E-state index contributed by atoms with van der Waals surface area (Å²) in [5.74, 6) is 2.06. The second-order valence-electron chi connectivity index (χ2n) is 7.92. The van der Waals surface area contributed by atoms with Crippen molar-refractivity contribution in [1.29, 1.82) is 0 Å². The molecule has 27 heavy (non-hydrogen) atoms. The summed E-state index contributed by atoms with van der Waals surface area (Å²) in [4.78, 5) is 0. The van der Waals surface area contributed by atoms with Gasteiger partial charge in [0.05, 0.1) is 13.3 Å². The molecule has 0 atom stereocenters. The third-order valence-electron chi connectivity index (χ3n) is 4.92. The molecule has 0 saturated heterocycles. The van der Waals surface area contributed by atoms with Gasteiger partial charge in [-0.2, -0.15) is 0 Å². The Kier molecular flexibility index (Phi) is 6.54. The highest BCUT2D eigenvalue weighted by molar-refractivity contribution is 6.74. The van der Waals surface area contributed by atoms with Gasteiger partial charge in [0, 0.05) is 5.56 Å². The maximum absolute atomic E-state index is 9.02.